The number of aliphatic hydroxyl groups is 1. The van der Waals surface area contributed by atoms with Crippen molar-refractivity contribution >= 4 is 0 Å². The van der Waals surface area contributed by atoms with Crippen molar-refractivity contribution < 1.29 is 9.63 Å². The fraction of sp³-hybridized carbons (Fsp3) is 0.200. The normalized spacial score (nSPS) is 10.4. The zero-order valence-corrected chi connectivity index (χ0v) is 7.55. The van der Waals surface area contributed by atoms with Crippen LogP contribution in [0.1, 0.15) is 5.82 Å². The summed E-state index contributed by atoms with van der Waals surface area (Å²) in [5.74, 6) is 1.03. The number of aromatic nitrogens is 2. The first-order chi connectivity index (χ1) is 6.90. The monoisotopic (exact) mass is 190 g/mol. The van der Waals surface area contributed by atoms with Gasteiger partial charge in [-0.05, 0) is 12.1 Å². The third kappa shape index (κ3) is 1.80. The molecule has 1 aromatic heterocycles. The number of rotatable bonds is 3. The molecule has 4 heteroatoms. The smallest absolute Gasteiger partial charge is 0.257 e. The van der Waals surface area contributed by atoms with Gasteiger partial charge in [-0.25, -0.2) is 0 Å². The summed E-state index contributed by atoms with van der Waals surface area (Å²) >= 11 is 0. The molecule has 0 saturated heterocycles. The molecule has 1 N–H and O–H groups in total. The van der Waals surface area contributed by atoms with Crippen LogP contribution in [0.5, 0.6) is 0 Å². The molecule has 1 heterocycles. The minimum atomic E-state index is 0.0355. The Morgan fingerprint density at radius 2 is 2.00 bits per heavy atom. The quantitative estimate of drug-likeness (QED) is 0.791. The third-order valence-corrected chi connectivity index (χ3v) is 1.82. The van der Waals surface area contributed by atoms with E-state index in [-0.39, 0.29) is 6.61 Å². The first kappa shape index (κ1) is 8.90. The second-order valence-corrected chi connectivity index (χ2v) is 2.86. The van der Waals surface area contributed by atoms with Crippen LogP contribution in [0.15, 0.2) is 34.9 Å². The van der Waals surface area contributed by atoms with E-state index >= 15 is 0 Å². The maximum absolute atomic E-state index is 8.68. The third-order valence-electron chi connectivity index (χ3n) is 1.82. The van der Waals surface area contributed by atoms with Crippen molar-refractivity contribution in [1.82, 2.24) is 10.1 Å². The predicted molar refractivity (Wildman–Crippen MR) is 50.5 cm³/mol. The molecule has 0 unspecified atom stereocenters. The fourth-order valence-corrected chi connectivity index (χ4v) is 1.15. The molecular formula is C10H10N2O2. The molecule has 72 valence electrons. The predicted octanol–water partition coefficient (Wildman–Crippen LogP) is 1.27. The highest BCUT2D eigenvalue weighted by molar-refractivity contribution is 5.51. The molecule has 0 atom stereocenters. The van der Waals surface area contributed by atoms with E-state index in [1.54, 1.807) is 0 Å². The molecule has 0 aliphatic rings. The van der Waals surface area contributed by atoms with Crippen molar-refractivity contribution in [3.8, 4) is 11.5 Å². The summed E-state index contributed by atoms with van der Waals surface area (Å²) in [7, 11) is 0. The number of benzene rings is 1. The van der Waals surface area contributed by atoms with Crippen LogP contribution >= 0.6 is 0 Å². The van der Waals surface area contributed by atoms with Crippen molar-refractivity contribution in [2.75, 3.05) is 6.61 Å². The SMILES string of the molecule is OCCc1noc(-c2ccccc2)n1. The van der Waals surface area contributed by atoms with Gasteiger partial charge in [-0.2, -0.15) is 4.98 Å². The van der Waals surface area contributed by atoms with Gasteiger partial charge in [0.2, 0.25) is 0 Å². The standard InChI is InChI=1S/C10H10N2O2/c13-7-6-9-11-10(14-12-9)8-4-2-1-3-5-8/h1-5,13H,6-7H2. The lowest BCUT2D eigenvalue weighted by Crippen LogP contribution is -1.92. The second kappa shape index (κ2) is 4.02. The highest BCUT2D eigenvalue weighted by atomic mass is 16.5. The van der Waals surface area contributed by atoms with Gasteiger partial charge >= 0.3 is 0 Å². The van der Waals surface area contributed by atoms with Crippen molar-refractivity contribution in [1.29, 1.82) is 0 Å². The van der Waals surface area contributed by atoms with E-state index < -0.39 is 0 Å². The van der Waals surface area contributed by atoms with Crippen molar-refractivity contribution in [3.05, 3.63) is 36.2 Å². The van der Waals surface area contributed by atoms with Crippen LogP contribution in [0.3, 0.4) is 0 Å². The van der Waals surface area contributed by atoms with E-state index in [1.165, 1.54) is 0 Å². The van der Waals surface area contributed by atoms with E-state index in [0.29, 0.717) is 18.1 Å². The second-order valence-electron chi connectivity index (χ2n) is 2.86. The summed E-state index contributed by atoms with van der Waals surface area (Å²) in [4.78, 5) is 4.13. The number of hydrogen-bond donors (Lipinski definition) is 1. The van der Waals surface area contributed by atoms with E-state index in [9.17, 15) is 0 Å². The Morgan fingerprint density at radius 1 is 1.21 bits per heavy atom. The average molecular weight is 190 g/mol. The molecule has 0 aliphatic carbocycles. The lowest BCUT2D eigenvalue weighted by molar-refractivity contribution is 0.293. The molecule has 0 amide bonds. The summed E-state index contributed by atoms with van der Waals surface area (Å²) < 4.78 is 5.03. The molecular weight excluding hydrogens is 180 g/mol. The Bertz CT molecular complexity index is 398. The summed E-state index contributed by atoms with van der Waals surface area (Å²) in [6.45, 7) is 0.0355. The lowest BCUT2D eigenvalue weighted by atomic mass is 10.2. The van der Waals surface area contributed by atoms with Crippen LogP contribution in [-0.4, -0.2) is 21.9 Å². The van der Waals surface area contributed by atoms with E-state index in [1.807, 2.05) is 30.3 Å². The first-order valence-electron chi connectivity index (χ1n) is 4.39. The van der Waals surface area contributed by atoms with Crippen molar-refractivity contribution in [3.63, 3.8) is 0 Å². The first-order valence-corrected chi connectivity index (χ1v) is 4.39. The van der Waals surface area contributed by atoms with Crippen LogP contribution in [0.4, 0.5) is 0 Å². The number of nitrogens with zero attached hydrogens (tertiary/aromatic N) is 2. The minimum absolute atomic E-state index is 0.0355. The van der Waals surface area contributed by atoms with Crippen LogP contribution < -0.4 is 0 Å². The Hall–Kier alpha value is -1.68. The Morgan fingerprint density at radius 3 is 2.71 bits per heavy atom. The summed E-state index contributed by atoms with van der Waals surface area (Å²) in [5.41, 5.74) is 0.893. The van der Waals surface area contributed by atoms with Gasteiger partial charge in [-0.3, -0.25) is 0 Å². The van der Waals surface area contributed by atoms with Gasteiger partial charge in [0.15, 0.2) is 5.82 Å². The van der Waals surface area contributed by atoms with Crippen LogP contribution in [-0.2, 0) is 6.42 Å². The zero-order chi connectivity index (χ0) is 9.80. The highest BCUT2D eigenvalue weighted by Crippen LogP contribution is 2.15. The van der Waals surface area contributed by atoms with E-state index in [4.69, 9.17) is 9.63 Å². The van der Waals surface area contributed by atoms with Crippen LogP contribution in [0, 0.1) is 0 Å². The highest BCUT2D eigenvalue weighted by Gasteiger charge is 2.06. The molecule has 0 saturated carbocycles. The minimum Gasteiger partial charge on any atom is -0.396 e. The number of aliphatic hydroxyl groups excluding tert-OH is 1. The largest absolute Gasteiger partial charge is 0.396 e. The molecule has 2 aromatic rings. The molecule has 1 aromatic carbocycles. The van der Waals surface area contributed by atoms with Gasteiger partial charge in [0.25, 0.3) is 5.89 Å². The molecule has 4 nitrogen and oxygen atoms in total. The van der Waals surface area contributed by atoms with Crippen molar-refractivity contribution in [2.45, 2.75) is 6.42 Å². The molecule has 0 bridgehead atoms. The fourth-order valence-electron chi connectivity index (χ4n) is 1.15. The zero-order valence-electron chi connectivity index (χ0n) is 7.55. The van der Waals surface area contributed by atoms with Gasteiger partial charge in [0, 0.05) is 12.0 Å². The molecule has 0 spiro atoms. The van der Waals surface area contributed by atoms with Gasteiger partial charge in [0.05, 0.1) is 6.61 Å². The Kier molecular flexibility index (Phi) is 2.55. The molecule has 0 radical (unpaired) electrons. The molecule has 0 fully saturated rings. The molecule has 2 rings (SSSR count). The molecule has 14 heavy (non-hydrogen) atoms. The lowest BCUT2D eigenvalue weighted by Gasteiger charge is -1.90. The average Bonchev–Trinajstić information content (AvgIpc) is 2.68. The van der Waals surface area contributed by atoms with E-state index in [2.05, 4.69) is 10.1 Å². The van der Waals surface area contributed by atoms with Gasteiger partial charge in [-0.15, -0.1) is 0 Å². The molecule has 0 aliphatic heterocycles. The summed E-state index contributed by atoms with van der Waals surface area (Å²) in [6, 6.07) is 9.54. The summed E-state index contributed by atoms with van der Waals surface area (Å²) in [5, 5.41) is 12.4. The topological polar surface area (TPSA) is 59.2 Å². The maximum Gasteiger partial charge on any atom is 0.257 e. The van der Waals surface area contributed by atoms with E-state index in [0.717, 1.165) is 5.56 Å². The van der Waals surface area contributed by atoms with Gasteiger partial charge in [-0.1, -0.05) is 23.4 Å². The van der Waals surface area contributed by atoms with Crippen molar-refractivity contribution in [2.24, 2.45) is 0 Å². The summed E-state index contributed by atoms with van der Waals surface area (Å²) in [6.07, 6.45) is 0.427. The van der Waals surface area contributed by atoms with Gasteiger partial charge in [0.1, 0.15) is 0 Å². The number of hydrogen-bond acceptors (Lipinski definition) is 4. The maximum atomic E-state index is 8.68. The Balaban J connectivity index is 2.25. The Labute approximate surface area is 81.2 Å². The van der Waals surface area contributed by atoms with Crippen LogP contribution in [0.2, 0.25) is 0 Å². The van der Waals surface area contributed by atoms with Gasteiger partial charge < -0.3 is 9.63 Å². The van der Waals surface area contributed by atoms with Crippen LogP contribution in [0.25, 0.3) is 11.5 Å².